The predicted molar refractivity (Wildman–Crippen MR) is 89.2 cm³/mol. The van der Waals surface area contributed by atoms with Gasteiger partial charge >= 0.3 is 0 Å². The number of carbonyl (C=O) groups is 1. The van der Waals surface area contributed by atoms with E-state index in [1.807, 2.05) is 0 Å². The van der Waals surface area contributed by atoms with Gasteiger partial charge in [-0.15, -0.1) is 0 Å². The Morgan fingerprint density at radius 1 is 1.32 bits per heavy atom. The molecule has 1 N–H and O–H groups in total. The lowest BCUT2D eigenvalue weighted by molar-refractivity contribution is 0.0374. The molecule has 25 heavy (non-hydrogen) atoms. The average Bonchev–Trinajstić information content (AvgIpc) is 3.08. The van der Waals surface area contributed by atoms with E-state index < -0.39 is 11.7 Å². The van der Waals surface area contributed by atoms with Gasteiger partial charge in [0.1, 0.15) is 11.5 Å². The van der Waals surface area contributed by atoms with Gasteiger partial charge < -0.3 is 10.1 Å². The first-order chi connectivity index (χ1) is 12.1. The van der Waals surface area contributed by atoms with Crippen molar-refractivity contribution in [1.82, 2.24) is 15.2 Å². The Labute approximate surface area is 149 Å². The number of aryl methyl sites for hydroxylation is 1. The summed E-state index contributed by atoms with van der Waals surface area (Å²) >= 11 is 5.71. The van der Waals surface area contributed by atoms with Gasteiger partial charge in [0.25, 0.3) is 5.91 Å². The number of carbonyl (C=O) groups excluding carboxylic acids is 1. The number of ether oxygens (including phenoxy) is 1. The summed E-state index contributed by atoms with van der Waals surface area (Å²) in [6, 6.07) is 3.94. The fourth-order valence-electron chi connectivity index (χ4n) is 2.60. The van der Waals surface area contributed by atoms with Crippen molar-refractivity contribution >= 4 is 23.2 Å². The molecule has 0 unspecified atom stereocenters. The summed E-state index contributed by atoms with van der Waals surface area (Å²) in [4.78, 5) is 14.6. The summed E-state index contributed by atoms with van der Waals surface area (Å²) in [6.07, 6.45) is 1.41. The Morgan fingerprint density at radius 2 is 2.12 bits per heavy atom. The van der Waals surface area contributed by atoms with Gasteiger partial charge in [-0.25, -0.2) is 9.02 Å². The number of morpholine rings is 1. The van der Waals surface area contributed by atoms with Crippen molar-refractivity contribution in [1.29, 1.82) is 0 Å². The van der Waals surface area contributed by atoms with E-state index >= 15 is 0 Å². The molecule has 7 nitrogen and oxygen atoms in total. The summed E-state index contributed by atoms with van der Waals surface area (Å²) in [7, 11) is 0. The SMILES string of the molecule is O=C(Nc1ccc(F)c(Cl)c1)c1nonc1CCCN1CCOCC1. The summed E-state index contributed by atoms with van der Waals surface area (Å²) in [5.41, 5.74) is 1.00. The molecule has 1 aromatic heterocycles. The second-order valence-electron chi connectivity index (χ2n) is 5.70. The quantitative estimate of drug-likeness (QED) is 0.843. The smallest absolute Gasteiger partial charge is 0.279 e. The number of amides is 1. The minimum atomic E-state index is -0.549. The van der Waals surface area contributed by atoms with Gasteiger partial charge in [-0.1, -0.05) is 16.8 Å². The lowest BCUT2D eigenvalue weighted by atomic mass is 10.1. The van der Waals surface area contributed by atoms with Crippen molar-refractivity contribution < 1.29 is 18.6 Å². The fourth-order valence-corrected chi connectivity index (χ4v) is 2.78. The van der Waals surface area contributed by atoms with Crippen LogP contribution in [0.1, 0.15) is 22.6 Å². The van der Waals surface area contributed by atoms with E-state index in [1.54, 1.807) is 0 Å². The molecule has 0 radical (unpaired) electrons. The summed E-state index contributed by atoms with van der Waals surface area (Å²) < 4.78 is 23.2. The highest BCUT2D eigenvalue weighted by molar-refractivity contribution is 6.31. The number of aromatic nitrogens is 2. The molecular formula is C16H18ClFN4O3. The highest BCUT2D eigenvalue weighted by atomic mass is 35.5. The molecule has 0 aliphatic carbocycles. The van der Waals surface area contributed by atoms with Crippen LogP contribution in [0.25, 0.3) is 0 Å². The third-order valence-corrected chi connectivity index (χ3v) is 4.23. The van der Waals surface area contributed by atoms with Gasteiger partial charge in [0.05, 0.1) is 18.2 Å². The Kier molecular flexibility index (Phi) is 5.95. The molecule has 0 saturated carbocycles. The standard InChI is InChI=1S/C16H18ClFN4O3/c17-12-10-11(3-4-13(12)18)19-16(23)15-14(20-25-21-15)2-1-5-22-6-8-24-9-7-22/h3-4,10H,1-2,5-9H2,(H,19,23). The number of nitrogens with zero attached hydrogens (tertiary/aromatic N) is 3. The lowest BCUT2D eigenvalue weighted by Gasteiger charge is -2.26. The molecule has 3 rings (SSSR count). The average molecular weight is 369 g/mol. The molecule has 1 aromatic carbocycles. The first kappa shape index (κ1) is 17.8. The maximum Gasteiger partial charge on any atom is 0.279 e. The van der Waals surface area contributed by atoms with Gasteiger partial charge in [0.2, 0.25) is 0 Å². The normalized spacial score (nSPS) is 15.3. The largest absolute Gasteiger partial charge is 0.379 e. The molecule has 9 heteroatoms. The molecule has 1 aliphatic rings. The van der Waals surface area contributed by atoms with Crippen LogP contribution in [0.5, 0.6) is 0 Å². The fraction of sp³-hybridized carbons (Fsp3) is 0.438. The number of hydrogen-bond acceptors (Lipinski definition) is 6. The zero-order valence-corrected chi connectivity index (χ0v) is 14.3. The first-order valence-electron chi connectivity index (χ1n) is 8.01. The Balaban J connectivity index is 1.56. The van der Waals surface area contributed by atoms with Crippen LogP contribution in [0.15, 0.2) is 22.8 Å². The number of benzene rings is 1. The van der Waals surface area contributed by atoms with Crippen LogP contribution >= 0.6 is 11.6 Å². The maximum absolute atomic E-state index is 13.2. The monoisotopic (exact) mass is 368 g/mol. The summed E-state index contributed by atoms with van der Waals surface area (Å²) in [5, 5.41) is 10.0. The van der Waals surface area contributed by atoms with Crippen LogP contribution in [0.4, 0.5) is 10.1 Å². The van der Waals surface area contributed by atoms with Crippen molar-refractivity contribution in [3.63, 3.8) is 0 Å². The first-order valence-corrected chi connectivity index (χ1v) is 8.39. The van der Waals surface area contributed by atoms with Gasteiger partial charge in [0.15, 0.2) is 5.69 Å². The lowest BCUT2D eigenvalue weighted by Crippen LogP contribution is -2.37. The molecule has 0 spiro atoms. The van der Waals surface area contributed by atoms with E-state index in [0.29, 0.717) is 17.8 Å². The number of anilines is 1. The number of halogens is 2. The van der Waals surface area contributed by atoms with Gasteiger partial charge in [-0.05, 0) is 42.7 Å². The number of nitrogens with one attached hydrogen (secondary N) is 1. The van der Waals surface area contributed by atoms with Crippen molar-refractivity contribution in [3.05, 3.63) is 40.4 Å². The van der Waals surface area contributed by atoms with Gasteiger partial charge in [-0.2, -0.15) is 0 Å². The van der Waals surface area contributed by atoms with Crippen molar-refractivity contribution in [2.45, 2.75) is 12.8 Å². The molecule has 1 saturated heterocycles. The second-order valence-corrected chi connectivity index (χ2v) is 6.11. The van der Waals surface area contributed by atoms with Crippen molar-refractivity contribution in [2.24, 2.45) is 0 Å². The van der Waals surface area contributed by atoms with Gasteiger partial charge in [-0.3, -0.25) is 9.69 Å². The minimum Gasteiger partial charge on any atom is -0.379 e. The zero-order chi connectivity index (χ0) is 17.6. The van der Waals surface area contributed by atoms with E-state index in [4.69, 9.17) is 21.0 Å². The molecule has 2 heterocycles. The topological polar surface area (TPSA) is 80.5 Å². The molecule has 0 bridgehead atoms. The molecule has 1 amide bonds. The van der Waals surface area contributed by atoms with Crippen LogP contribution < -0.4 is 5.32 Å². The van der Waals surface area contributed by atoms with Crippen LogP contribution in [-0.2, 0) is 11.2 Å². The molecule has 2 aromatic rings. The Hall–Kier alpha value is -2.03. The molecule has 1 aliphatic heterocycles. The van der Waals surface area contributed by atoms with Crippen molar-refractivity contribution in [3.8, 4) is 0 Å². The summed E-state index contributed by atoms with van der Waals surface area (Å²) in [5.74, 6) is -1.02. The number of hydrogen-bond donors (Lipinski definition) is 1. The van der Waals surface area contributed by atoms with Crippen LogP contribution in [-0.4, -0.2) is 54.0 Å². The maximum atomic E-state index is 13.2. The second kappa shape index (κ2) is 8.37. The summed E-state index contributed by atoms with van der Waals surface area (Å²) in [6.45, 7) is 4.22. The van der Waals surface area contributed by atoms with Crippen LogP contribution in [0.2, 0.25) is 5.02 Å². The van der Waals surface area contributed by atoms with E-state index in [-0.39, 0.29) is 10.7 Å². The van der Waals surface area contributed by atoms with Crippen LogP contribution in [0.3, 0.4) is 0 Å². The molecule has 134 valence electrons. The molecular weight excluding hydrogens is 351 g/mol. The van der Waals surface area contributed by atoms with Gasteiger partial charge in [0, 0.05) is 18.8 Å². The van der Waals surface area contributed by atoms with E-state index in [1.165, 1.54) is 18.2 Å². The van der Waals surface area contributed by atoms with E-state index in [9.17, 15) is 9.18 Å². The minimum absolute atomic E-state index is 0.0678. The third-order valence-electron chi connectivity index (χ3n) is 3.94. The van der Waals surface area contributed by atoms with E-state index in [2.05, 4.69) is 20.5 Å². The van der Waals surface area contributed by atoms with Crippen LogP contribution in [0, 0.1) is 5.82 Å². The zero-order valence-electron chi connectivity index (χ0n) is 13.5. The highest BCUT2D eigenvalue weighted by Crippen LogP contribution is 2.20. The molecule has 1 fully saturated rings. The Bertz CT molecular complexity index is 734. The Morgan fingerprint density at radius 3 is 2.88 bits per heavy atom. The van der Waals surface area contributed by atoms with Crippen molar-refractivity contribution in [2.75, 3.05) is 38.2 Å². The highest BCUT2D eigenvalue weighted by Gasteiger charge is 2.19. The predicted octanol–water partition coefficient (Wildman–Crippen LogP) is 2.38. The number of rotatable bonds is 6. The third kappa shape index (κ3) is 4.75. The molecule has 0 atom stereocenters. The van der Waals surface area contributed by atoms with E-state index in [0.717, 1.165) is 39.3 Å².